The van der Waals surface area contributed by atoms with Gasteiger partial charge in [0.2, 0.25) is 0 Å². The van der Waals surface area contributed by atoms with Crippen LogP contribution in [0, 0.1) is 11.3 Å². The van der Waals surface area contributed by atoms with E-state index in [1.807, 2.05) is 0 Å². The molecule has 0 aliphatic heterocycles. The van der Waals surface area contributed by atoms with Crippen molar-refractivity contribution >= 4 is 0 Å². The topological polar surface area (TPSA) is 47.3 Å². The van der Waals surface area contributed by atoms with Crippen LogP contribution in [-0.4, -0.2) is 19.3 Å². The maximum absolute atomic E-state index is 5.62. The number of ether oxygens (including phenoxy) is 1. The van der Waals surface area contributed by atoms with Crippen LogP contribution in [0.15, 0.2) is 0 Å². The molecule has 1 aliphatic rings. The van der Waals surface area contributed by atoms with Gasteiger partial charge in [0.05, 0.1) is 6.10 Å². The van der Waals surface area contributed by atoms with Crippen LogP contribution in [0.25, 0.3) is 0 Å². The van der Waals surface area contributed by atoms with Crippen molar-refractivity contribution < 1.29 is 4.74 Å². The Morgan fingerprint density at radius 3 is 2.33 bits per heavy atom. The number of methoxy groups -OCH3 is 1. The average molecular weight is 214 g/mol. The quantitative estimate of drug-likeness (QED) is 0.525. The zero-order valence-corrected chi connectivity index (χ0v) is 10.5. The summed E-state index contributed by atoms with van der Waals surface area (Å²) in [6.07, 6.45) is 5.40. The van der Waals surface area contributed by atoms with Gasteiger partial charge in [0.25, 0.3) is 0 Å². The van der Waals surface area contributed by atoms with Crippen LogP contribution >= 0.6 is 0 Å². The van der Waals surface area contributed by atoms with Gasteiger partial charge in [-0.2, -0.15) is 0 Å². The minimum atomic E-state index is 0.134. The van der Waals surface area contributed by atoms with Gasteiger partial charge in [0.1, 0.15) is 0 Å². The number of hydrogen-bond acceptors (Lipinski definition) is 3. The van der Waals surface area contributed by atoms with Crippen LogP contribution in [0.5, 0.6) is 0 Å². The van der Waals surface area contributed by atoms with Gasteiger partial charge in [-0.1, -0.05) is 33.6 Å². The molecule has 2 atom stereocenters. The molecule has 1 rings (SSSR count). The molecule has 0 amide bonds. The number of nitrogens with two attached hydrogens (primary N) is 1. The molecule has 1 aliphatic carbocycles. The van der Waals surface area contributed by atoms with Gasteiger partial charge >= 0.3 is 0 Å². The number of nitrogens with one attached hydrogen (secondary N) is 1. The van der Waals surface area contributed by atoms with Crippen molar-refractivity contribution in [1.29, 1.82) is 0 Å². The second-order valence-electron chi connectivity index (χ2n) is 5.82. The highest BCUT2D eigenvalue weighted by molar-refractivity contribution is 4.86. The predicted octanol–water partition coefficient (Wildman–Crippen LogP) is 2.07. The van der Waals surface area contributed by atoms with Gasteiger partial charge in [0, 0.05) is 13.2 Å². The summed E-state index contributed by atoms with van der Waals surface area (Å²) in [5, 5.41) is 0. The summed E-state index contributed by atoms with van der Waals surface area (Å²) >= 11 is 0. The van der Waals surface area contributed by atoms with Crippen LogP contribution < -0.4 is 11.3 Å². The second-order valence-corrected chi connectivity index (χ2v) is 5.82. The lowest BCUT2D eigenvalue weighted by molar-refractivity contribution is -0.0139. The minimum Gasteiger partial charge on any atom is -0.379 e. The Morgan fingerprint density at radius 2 is 2.00 bits per heavy atom. The van der Waals surface area contributed by atoms with E-state index >= 15 is 0 Å². The van der Waals surface area contributed by atoms with E-state index < -0.39 is 0 Å². The molecule has 0 heterocycles. The van der Waals surface area contributed by atoms with Gasteiger partial charge in [-0.05, 0) is 24.2 Å². The molecular formula is C12H26N2O. The first kappa shape index (κ1) is 12.9. The van der Waals surface area contributed by atoms with Crippen LogP contribution in [0.2, 0.25) is 0 Å². The first-order chi connectivity index (χ1) is 6.99. The molecule has 0 aromatic heterocycles. The standard InChI is InChI=1S/C12H26N2O/c1-12(2,3)11(15-4)10(14-13)8-7-9-5-6-9/h9-11,14H,5-8,13H2,1-4H3. The van der Waals surface area contributed by atoms with Gasteiger partial charge in [-0.15, -0.1) is 0 Å². The van der Waals surface area contributed by atoms with Crippen molar-refractivity contribution in [3.8, 4) is 0 Å². The summed E-state index contributed by atoms with van der Waals surface area (Å²) in [5.74, 6) is 6.58. The van der Waals surface area contributed by atoms with Crippen LogP contribution in [0.4, 0.5) is 0 Å². The molecule has 0 radical (unpaired) electrons. The summed E-state index contributed by atoms with van der Waals surface area (Å²) in [6, 6.07) is 0.274. The Labute approximate surface area is 93.7 Å². The van der Waals surface area contributed by atoms with Crippen molar-refractivity contribution in [2.24, 2.45) is 17.2 Å². The molecule has 3 heteroatoms. The molecule has 0 aromatic rings. The van der Waals surface area contributed by atoms with E-state index in [9.17, 15) is 0 Å². The highest BCUT2D eigenvalue weighted by Crippen LogP contribution is 2.35. The molecule has 0 aromatic carbocycles. The van der Waals surface area contributed by atoms with Crippen molar-refractivity contribution in [3.63, 3.8) is 0 Å². The molecule has 1 fully saturated rings. The van der Waals surface area contributed by atoms with E-state index in [-0.39, 0.29) is 17.6 Å². The Morgan fingerprint density at radius 1 is 1.40 bits per heavy atom. The summed E-state index contributed by atoms with van der Waals surface area (Å²) in [6.45, 7) is 6.59. The molecule has 0 saturated heterocycles. The van der Waals surface area contributed by atoms with Crippen molar-refractivity contribution in [2.45, 2.75) is 58.6 Å². The Hall–Kier alpha value is -0.120. The van der Waals surface area contributed by atoms with E-state index in [1.165, 1.54) is 19.3 Å². The normalized spacial score (nSPS) is 21.4. The monoisotopic (exact) mass is 214 g/mol. The summed E-state index contributed by atoms with van der Waals surface area (Å²) in [5.41, 5.74) is 3.05. The van der Waals surface area contributed by atoms with E-state index in [4.69, 9.17) is 10.6 Å². The SMILES string of the molecule is COC(C(CCC1CC1)NN)C(C)(C)C. The van der Waals surface area contributed by atoms with E-state index in [0.29, 0.717) is 0 Å². The third kappa shape index (κ3) is 4.09. The van der Waals surface area contributed by atoms with Crippen molar-refractivity contribution in [3.05, 3.63) is 0 Å². The number of hydrazine groups is 1. The Balaban J connectivity index is 2.44. The first-order valence-corrected chi connectivity index (χ1v) is 5.98. The maximum atomic E-state index is 5.62. The molecule has 1 saturated carbocycles. The van der Waals surface area contributed by atoms with Gasteiger partial charge < -0.3 is 4.74 Å². The highest BCUT2D eigenvalue weighted by Gasteiger charge is 2.33. The molecule has 0 spiro atoms. The van der Waals surface area contributed by atoms with Crippen molar-refractivity contribution in [1.82, 2.24) is 5.43 Å². The Kier molecular flexibility index (Phi) is 4.56. The van der Waals surface area contributed by atoms with Crippen LogP contribution in [0.1, 0.15) is 46.5 Å². The van der Waals surface area contributed by atoms with E-state index in [1.54, 1.807) is 7.11 Å². The van der Waals surface area contributed by atoms with E-state index in [0.717, 1.165) is 12.3 Å². The molecule has 15 heavy (non-hydrogen) atoms. The fourth-order valence-electron chi connectivity index (χ4n) is 2.27. The summed E-state index contributed by atoms with van der Waals surface area (Å²) in [4.78, 5) is 0. The van der Waals surface area contributed by atoms with Gasteiger partial charge in [0.15, 0.2) is 0 Å². The molecule has 3 nitrogen and oxygen atoms in total. The zero-order valence-electron chi connectivity index (χ0n) is 10.5. The zero-order chi connectivity index (χ0) is 11.5. The Bertz CT molecular complexity index is 185. The van der Waals surface area contributed by atoms with Crippen molar-refractivity contribution in [2.75, 3.05) is 7.11 Å². The summed E-state index contributed by atoms with van der Waals surface area (Å²) in [7, 11) is 1.78. The molecule has 0 bridgehead atoms. The third-order valence-electron chi connectivity index (χ3n) is 3.27. The smallest absolute Gasteiger partial charge is 0.0785 e. The van der Waals surface area contributed by atoms with Gasteiger partial charge in [-0.3, -0.25) is 11.3 Å². The molecule has 90 valence electrons. The lowest BCUT2D eigenvalue weighted by atomic mass is 9.83. The molecule has 3 N–H and O–H groups in total. The average Bonchev–Trinajstić information content (AvgIpc) is 2.93. The van der Waals surface area contributed by atoms with Crippen LogP contribution in [0.3, 0.4) is 0 Å². The first-order valence-electron chi connectivity index (χ1n) is 5.98. The third-order valence-corrected chi connectivity index (χ3v) is 3.27. The van der Waals surface area contributed by atoms with Gasteiger partial charge in [-0.25, -0.2) is 0 Å². The predicted molar refractivity (Wildman–Crippen MR) is 63.3 cm³/mol. The van der Waals surface area contributed by atoms with Crippen LogP contribution in [-0.2, 0) is 4.74 Å². The summed E-state index contributed by atoms with van der Waals surface area (Å²) < 4.78 is 5.58. The lowest BCUT2D eigenvalue weighted by Gasteiger charge is -2.35. The lowest BCUT2D eigenvalue weighted by Crippen LogP contribution is -2.50. The highest BCUT2D eigenvalue weighted by atomic mass is 16.5. The fourth-order valence-corrected chi connectivity index (χ4v) is 2.27. The maximum Gasteiger partial charge on any atom is 0.0785 e. The fraction of sp³-hybridized carbons (Fsp3) is 1.00. The second kappa shape index (κ2) is 5.28. The number of rotatable bonds is 6. The molecule has 2 unspecified atom stereocenters. The minimum absolute atomic E-state index is 0.134. The van der Waals surface area contributed by atoms with E-state index in [2.05, 4.69) is 26.2 Å². The molecular weight excluding hydrogens is 188 g/mol. The number of hydrogen-bond donors (Lipinski definition) is 2. The largest absolute Gasteiger partial charge is 0.379 e.